The first-order chi connectivity index (χ1) is 12.7. The van der Waals surface area contributed by atoms with E-state index in [0.29, 0.717) is 23.7 Å². The number of fused-ring (bicyclic) bond motifs is 1. The monoisotopic (exact) mass is 380 g/mol. The highest BCUT2D eigenvalue weighted by Gasteiger charge is 2.30. The summed E-state index contributed by atoms with van der Waals surface area (Å²) in [6.07, 6.45) is -4.40. The summed E-state index contributed by atoms with van der Waals surface area (Å²) in [4.78, 5) is 14.2. The number of alkyl halides is 3. The molecule has 2 aromatic carbocycles. The van der Waals surface area contributed by atoms with Crippen molar-refractivity contribution >= 4 is 11.6 Å². The number of benzene rings is 2. The zero-order chi connectivity index (χ0) is 19.6. The molecule has 27 heavy (non-hydrogen) atoms. The van der Waals surface area contributed by atoms with E-state index in [0.717, 1.165) is 17.7 Å². The average Bonchev–Trinajstić information content (AvgIpc) is 3.08. The quantitative estimate of drug-likeness (QED) is 0.855. The van der Waals surface area contributed by atoms with Gasteiger partial charge in [-0.1, -0.05) is 6.07 Å². The first kappa shape index (κ1) is 19.0. The van der Waals surface area contributed by atoms with Crippen LogP contribution in [0.2, 0.25) is 0 Å². The first-order valence-corrected chi connectivity index (χ1v) is 8.31. The molecule has 0 radical (unpaired) electrons. The molecule has 8 heteroatoms. The highest BCUT2D eigenvalue weighted by Crippen LogP contribution is 2.33. The van der Waals surface area contributed by atoms with Crippen molar-refractivity contribution in [2.45, 2.75) is 25.7 Å². The Hall–Kier alpha value is -2.74. The van der Waals surface area contributed by atoms with Gasteiger partial charge < -0.3 is 14.8 Å². The zero-order valence-electron chi connectivity index (χ0n) is 14.8. The van der Waals surface area contributed by atoms with E-state index < -0.39 is 17.8 Å². The molecule has 0 spiro atoms. The Morgan fingerprint density at radius 2 is 1.81 bits per heavy atom. The molecule has 0 aromatic heterocycles. The van der Waals surface area contributed by atoms with E-state index in [9.17, 15) is 18.0 Å². The lowest BCUT2D eigenvalue weighted by Gasteiger charge is -2.24. The lowest BCUT2D eigenvalue weighted by molar-refractivity contribution is -0.137. The summed E-state index contributed by atoms with van der Waals surface area (Å²) < 4.78 is 48.4. The maximum Gasteiger partial charge on any atom is 0.416 e. The van der Waals surface area contributed by atoms with E-state index in [1.165, 1.54) is 12.1 Å². The van der Waals surface area contributed by atoms with E-state index in [-0.39, 0.29) is 12.7 Å². The number of nitrogens with zero attached hydrogens (tertiary/aromatic N) is 1. The number of rotatable bonds is 5. The van der Waals surface area contributed by atoms with Crippen LogP contribution in [0.4, 0.5) is 18.9 Å². The van der Waals surface area contributed by atoms with Crippen molar-refractivity contribution in [3.63, 3.8) is 0 Å². The molecule has 0 saturated carbocycles. The van der Waals surface area contributed by atoms with Crippen LogP contribution in [0.3, 0.4) is 0 Å². The fourth-order valence-electron chi connectivity index (χ4n) is 2.65. The van der Waals surface area contributed by atoms with Gasteiger partial charge >= 0.3 is 6.18 Å². The maximum atomic E-state index is 12.6. The zero-order valence-corrected chi connectivity index (χ0v) is 14.8. The molecule has 1 atom stereocenters. The van der Waals surface area contributed by atoms with E-state index in [1.807, 2.05) is 23.1 Å². The van der Waals surface area contributed by atoms with Crippen LogP contribution < -0.4 is 14.8 Å². The van der Waals surface area contributed by atoms with Crippen molar-refractivity contribution in [2.75, 3.05) is 19.2 Å². The summed E-state index contributed by atoms with van der Waals surface area (Å²) in [5, 5.41) is 2.64. The molecule has 0 aliphatic carbocycles. The van der Waals surface area contributed by atoms with Crippen LogP contribution in [0.25, 0.3) is 0 Å². The summed E-state index contributed by atoms with van der Waals surface area (Å²) >= 11 is 0. The molecule has 0 saturated heterocycles. The van der Waals surface area contributed by atoms with Crippen LogP contribution in [-0.4, -0.2) is 30.7 Å². The minimum absolute atomic E-state index is 0.195. The molecule has 1 amide bonds. The number of hydrogen-bond donors (Lipinski definition) is 1. The lowest BCUT2D eigenvalue weighted by Crippen LogP contribution is -2.39. The highest BCUT2D eigenvalue weighted by atomic mass is 19.4. The Kier molecular flexibility index (Phi) is 5.27. The van der Waals surface area contributed by atoms with Crippen LogP contribution in [0, 0.1) is 0 Å². The molecule has 0 bridgehead atoms. The SMILES string of the molecule is C[C@H](C(=O)Nc1ccc(C(F)(F)F)cc1)N(C)Cc1ccc2c(c1)OCO2. The van der Waals surface area contributed by atoms with Gasteiger partial charge in [0, 0.05) is 12.2 Å². The summed E-state index contributed by atoms with van der Waals surface area (Å²) in [5.74, 6) is 1.05. The van der Waals surface area contributed by atoms with Crippen molar-refractivity contribution in [3.8, 4) is 11.5 Å². The van der Waals surface area contributed by atoms with Crippen molar-refractivity contribution in [1.82, 2.24) is 4.90 Å². The Morgan fingerprint density at radius 3 is 2.48 bits per heavy atom. The van der Waals surface area contributed by atoms with Gasteiger partial charge in [0.2, 0.25) is 12.7 Å². The number of nitrogens with one attached hydrogen (secondary N) is 1. The number of likely N-dealkylation sites (N-methyl/N-ethyl adjacent to an activating group) is 1. The number of hydrogen-bond acceptors (Lipinski definition) is 4. The summed E-state index contributed by atoms with van der Waals surface area (Å²) in [7, 11) is 1.79. The number of anilines is 1. The predicted octanol–water partition coefficient (Wildman–Crippen LogP) is 3.89. The van der Waals surface area contributed by atoms with Gasteiger partial charge in [-0.25, -0.2) is 0 Å². The van der Waals surface area contributed by atoms with Crippen LogP contribution in [-0.2, 0) is 17.5 Å². The van der Waals surface area contributed by atoms with Crippen LogP contribution in [0.1, 0.15) is 18.1 Å². The minimum atomic E-state index is -4.40. The van der Waals surface area contributed by atoms with Crippen LogP contribution in [0.5, 0.6) is 11.5 Å². The van der Waals surface area contributed by atoms with Crippen molar-refractivity contribution in [3.05, 3.63) is 53.6 Å². The van der Waals surface area contributed by atoms with Gasteiger partial charge in [0.05, 0.1) is 11.6 Å². The number of halogens is 3. The molecule has 5 nitrogen and oxygen atoms in total. The molecule has 1 aliphatic heterocycles. The smallest absolute Gasteiger partial charge is 0.416 e. The van der Waals surface area contributed by atoms with Crippen molar-refractivity contribution in [1.29, 1.82) is 0 Å². The average molecular weight is 380 g/mol. The second kappa shape index (κ2) is 7.48. The molecule has 1 N–H and O–H groups in total. The second-order valence-corrected chi connectivity index (χ2v) is 6.34. The number of carbonyl (C=O) groups excluding carboxylic acids is 1. The number of carbonyl (C=O) groups is 1. The van der Waals surface area contributed by atoms with Gasteiger partial charge in [0.25, 0.3) is 0 Å². The number of ether oxygens (including phenoxy) is 2. The lowest BCUT2D eigenvalue weighted by atomic mass is 10.1. The largest absolute Gasteiger partial charge is 0.454 e. The molecule has 144 valence electrons. The second-order valence-electron chi connectivity index (χ2n) is 6.34. The summed E-state index contributed by atoms with van der Waals surface area (Å²) in [5.41, 5.74) is 0.515. The molecular weight excluding hydrogens is 361 g/mol. The molecule has 1 heterocycles. The Balaban J connectivity index is 1.59. The third-order valence-corrected chi connectivity index (χ3v) is 4.39. The van der Waals surface area contributed by atoms with E-state index in [4.69, 9.17) is 9.47 Å². The summed E-state index contributed by atoms with van der Waals surface area (Å²) in [6, 6.07) is 9.45. The van der Waals surface area contributed by atoms with Gasteiger partial charge in [-0.15, -0.1) is 0 Å². The van der Waals surface area contributed by atoms with Crippen molar-refractivity contribution in [2.24, 2.45) is 0 Å². The molecule has 1 aliphatic rings. The van der Waals surface area contributed by atoms with E-state index in [1.54, 1.807) is 14.0 Å². The van der Waals surface area contributed by atoms with Gasteiger partial charge in [-0.3, -0.25) is 9.69 Å². The first-order valence-electron chi connectivity index (χ1n) is 8.31. The van der Waals surface area contributed by atoms with E-state index in [2.05, 4.69) is 5.32 Å². The topological polar surface area (TPSA) is 50.8 Å². The van der Waals surface area contributed by atoms with Gasteiger partial charge in [0.15, 0.2) is 11.5 Å². The predicted molar refractivity (Wildman–Crippen MR) is 93.6 cm³/mol. The fourth-order valence-corrected chi connectivity index (χ4v) is 2.65. The van der Waals surface area contributed by atoms with Crippen LogP contribution >= 0.6 is 0 Å². The van der Waals surface area contributed by atoms with Gasteiger partial charge in [-0.05, 0) is 55.9 Å². The standard InChI is InChI=1S/C19H19F3N2O3/c1-12(18(25)23-15-6-4-14(5-7-15)19(20,21)22)24(2)10-13-3-8-16-17(9-13)27-11-26-16/h3-9,12H,10-11H2,1-2H3,(H,23,25)/t12-/m1/s1. The molecular formula is C19H19F3N2O3. The Labute approximate surface area is 154 Å². The molecule has 3 rings (SSSR count). The molecule has 2 aromatic rings. The molecule has 0 fully saturated rings. The maximum absolute atomic E-state index is 12.6. The highest BCUT2D eigenvalue weighted by molar-refractivity contribution is 5.94. The number of amides is 1. The van der Waals surface area contributed by atoms with Gasteiger partial charge in [-0.2, -0.15) is 13.2 Å². The van der Waals surface area contributed by atoms with E-state index >= 15 is 0 Å². The third kappa shape index (κ3) is 4.51. The normalized spacial score (nSPS) is 14.3. The third-order valence-electron chi connectivity index (χ3n) is 4.39. The van der Waals surface area contributed by atoms with Crippen molar-refractivity contribution < 1.29 is 27.4 Å². The Bertz CT molecular complexity index is 822. The Morgan fingerprint density at radius 1 is 1.15 bits per heavy atom. The summed E-state index contributed by atoms with van der Waals surface area (Å²) in [6.45, 7) is 2.42. The molecule has 0 unspecified atom stereocenters. The minimum Gasteiger partial charge on any atom is -0.454 e. The fraction of sp³-hybridized carbons (Fsp3) is 0.316. The van der Waals surface area contributed by atoms with Gasteiger partial charge in [0.1, 0.15) is 0 Å². The van der Waals surface area contributed by atoms with Crippen LogP contribution in [0.15, 0.2) is 42.5 Å².